The van der Waals surface area contributed by atoms with E-state index >= 15 is 0 Å². The van der Waals surface area contributed by atoms with Crippen LogP contribution in [0, 0.1) is 0 Å². The Morgan fingerprint density at radius 1 is 1.07 bits per heavy atom. The highest BCUT2D eigenvalue weighted by molar-refractivity contribution is 5.85. The van der Waals surface area contributed by atoms with Crippen LogP contribution < -0.4 is 5.43 Å². The monoisotopic (exact) mass is 378 g/mol. The molecule has 0 aliphatic carbocycles. The summed E-state index contributed by atoms with van der Waals surface area (Å²) in [4.78, 5) is 11.9. The Bertz CT molecular complexity index is 881. The summed E-state index contributed by atoms with van der Waals surface area (Å²) in [6.45, 7) is 9.02. The lowest BCUT2D eigenvalue weighted by Gasteiger charge is -2.40. The normalized spacial score (nSPS) is 19.3. The summed E-state index contributed by atoms with van der Waals surface area (Å²) in [6.07, 6.45) is -4.52. The molecule has 146 valence electrons. The largest absolute Gasteiger partial charge is 0.409 e. The lowest BCUT2D eigenvalue weighted by Crippen LogP contribution is -2.52. The zero-order valence-corrected chi connectivity index (χ0v) is 16.2. The van der Waals surface area contributed by atoms with E-state index in [4.69, 9.17) is 0 Å². The zero-order valence-electron chi connectivity index (χ0n) is 16.2. The van der Waals surface area contributed by atoms with Gasteiger partial charge in [0.05, 0.1) is 0 Å². The van der Waals surface area contributed by atoms with Crippen molar-refractivity contribution in [2.45, 2.75) is 64.2 Å². The van der Waals surface area contributed by atoms with E-state index in [0.29, 0.717) is 5.56 Å². The fourth-order valence-corrected chi connectivity index (χ4v) is 3.81. The van der Waals surface area contributed by atoms with Gasteiger partial charge in [-0.25, -0.2) is 0 Å². The number of alkyl halides is 3. The predicted molar refractivity (Wildman–Crippen MR) is 100 cm³/mol. The molecule has 0 aromatic heterocycles. The van der Waals surface area contributed by atoms with Gasteiger partial charge in [0, 0.05) is 12.0 Å². The van der Waals surface area contributed by atoms with Gasteiger partial charge in [0.1, 0.15) is 0 Å². The molecular formula is C21H25F3N2O. The zero-order chi connectivity index (χ0) is 20.2. The number of nitrogens with one attached hydrogen (secondary N) is 1. The molecule has 27 heavy (non-hydrogen) atoms. The first-order valence-electron chi connectivity index (χ1n) is 8.99. The molecule has 3 rings (SSSR count). The summed E-state index contributed by atoms with van der Waals surface area (Å²) in [5.74, 6) is -0.396. The molecule has 1 heterocycles. The number of nitrogens with zero attached hydrogens (tertiary/aromatic N) is 1. The molecule has 1 fully saturated rings. The number of fused-ring (bicyclic) bond motifs is 1. The van der Waals surface area contributed by atoms with Crippen LogP contribution in [0.3, 0.4) is 0 Å². The van der Waals surface area contributed by atoms with Crippen molar-refractivity contribution in [2.24, 2.45) is 0 Å². The second-order valence-corrected chi connectivity index (χ2v) is 8.87. The molecule has 0 radical (unpaired) electrons. The van der Waals surface area contributed by atoms with Crippen LogP contribution in [0.2, 0.25) is 0 Å². The number of hydrogen-bond donors (Lipinski definition) is 1. The quantitative estimate of drug-likeness (QED) is 0.773. The van der Waals surface area contributed by atoms with E-state index in [1.54, 1.807) is 19.9 Å². The van der Waals surface area contributed by atoms with Gasteiger partial charge in [0.15, 0.2) is 6.04 Å². The molecule has 1 amide bonds. The average Bonchev–Trinajstić information content (AvgIpc) is 2.77. The number of hydrazine groups is 1. The minimum absolute atomic E-state index is 0.0258. The minimum Gasteiger partial charge on any atom is -0.287 e. The number of hydrogen-bond acceptors (Lipinski definition) is 2. The van der Waals surface area contributed by atoms with Crippen LogP contribution >= 0.6 is 0 Å². The standard InChI is InChI=1S/C21H25F3N2O/c1-19(2,3)16-11-14-9-7-6-8-13(14)10-15(16)18(21(22,23)24)26-20(4,5)12-17(27)25-26/h6-11,18H,12H2,1-5H3,(H,25,27). The fourth-order valence-electron chi connectivity index (χ4n) is 3.81. The Labute approximate surface area is 157 Å². The maximum Gasteiger partial charge on any atom is 0.409 e. The number of carbonyl (C=O) groups is 1. The van der Waals surface area contributed by atoms with Crippen LogP contribution in [0.25, 0.3) is 10.8 Å². The van der Waals surface area contributed by atoms with Gasteiger partial charge in [-0.15, -0.1) is 0 Å². The maximum absolute atomic E-state index is 14.3. The van der Waals surface area contributed by atoms with E-state index in [9.17, 15) is 18.0 Å². The number of rotatable bonds is 2. The van der Waals surface area contributed by atoms with Crippen molar-refractivity contribution in [3.63, 3.8) is 0 Å². The molecule has 1 aliphatic heterocycles. The van der Waals surface area contributed by atoms with E-state index in [0.717, 1.165) is 15.8 Å². The predicted octanol–water partition coefficient (Wildman–Crippen LogP) is 5.26. The summed E-state index contributed by atoms with van der Waals surface area (Å²) in [5.41, 5.74) is 1.82. The number of halogens is 3. The topological polar surface area (TPSA) is 32.3 Å². The van der Waals surface area contributed by atoms with E-state index < -0.39 is 29.1 Å². The first kappa shape index (κ1) is 19.7. The molecule has 1 N–H and O–H groups in total. The van der Waals surface area contributed by atoms with Crippen molar-refractivity contribution in [1.29, 1.82) is 0 Å². The highest BCUT2D eigenvalue weighted by Crippen LogP contribution is 2.46. The summed E-state index contributed by atoms with van der Waals surface area (Å²) in [6, 6.07) is 8.94. The van der Waals surface area contributed by atoms with Gasteiger partial charge in [-0.05, 0) is 47.2 Å². The van der Waals surface area contributed by atoms with Crippen LogP contribution in [-0.2, 0) is 10.2 Å². The van der Waals surface area contributed by atoms with Gasteiger partial charge < -0.3 is 0 Å². The minimum atomic E-state index is -4.54. The molecular weight excluding hydrogens is 353 g/mol. The first-order valence-corrected chi connectivity index (χ1v) is 8.99. The Balaban J connectivity index is 2.29. The molecule has 1 atom stereocenters. The van der Waals surface area contributed by atoms with E-state index in [-0.39, 0.29) is 12.0 Å². The van der Waals surface area contributed by atoms with Crippen LogP contribution in [0.15, 0.2) is 36.4 Å². The molecule has 1 unspecified atom stereocenters. The number of amides is 1. The van der Waals surface area contributed by atoms with E-state index in [2.05, 4.69) is 5.43 Å². The van der Waals surface area contributed by atoms with Gasteiger partial charge in [0.2, 0.25) is 5.91 Å². The molecule has 0 spiro atoms. The third-order valence-electron chi connectivity index (χ3n) is 5.08. The molecule has 2 aromatic carbocycles. The Morgan fingerprint density at radius 3 is 2.07 bits per heavy atom. The van der Waals surface area contributed by atoms with Crippen molar-refractivity contribution in [1.82, 2.24) is 10.4 Å². The van der Waals surface area contributed by atoms with Crippen LogP contribution in [0.5, 0.6) is 0 Å². The van der Waals surface area contributed by atoms with Crippen molar-refractivity contribution < 1.29 is 18.0 Å². The van der Waals surface area contributed by atoms with Crippen molar-refractivity contribution in [2.75, 3.05) is 0 Å². The Kier molecular flexibility index (Phi) is 4.54. The van der Waals surface area contributed by atoms with Crippen LogP contribution in [0.1, 0.15) is 58.2 Å². The Hall–Kier alpha value is -2.08. The molecule has 1 saturated heterocycles. The molecule has 6 heteroatoms. The van der Waals surface area contributed by atoms with E-state index in [1.807, 2.05) is 51.1 Å². The van der Waals surface area contributed by atoms with Gasteiger partial charge >= 0.3 is 6.18 Å². The number of benzene rings is 2. The highest BCUT2D eigenvalue weighted by Gasteiger charge is 2.54. The van der Waals surface area contributed by atoms with E-state index in [1.165, 1.54) is 0 Å². The van der Waals surface area contributed by atoms with Gasteiger partial charge in [-0.1, -0.05) is 51.1 Å². The smallest absolute Gasteiger partial charge is 0.287 e. The molecule has 1 aliphatic rings. The Morgan fingerprint density at radius 2 is 1.63 bits per heavy atom. The van der Waals surface area contributed by atoms with Gasteiger partial charge in [0.25, 0.3) is 0 Å². The second-order valence-electron chi connectivity index (χ2n) is 8.87. The summed E-state index contributed by atoms with van der Waals surface area (Å²) < 4.78 is 42.9. The third kappa shape index (κ3) is 3.68. The van der Waals surface area contributed by atoms with Crippen molar-refractivity contribution in [3.05, 3.63) is 47.5 Å². The lowest BCUT2D eigenvalue weighted by molar-refractivity contribution is -0.204. The summed E-state index contributed by atoms with van der Waals surface area (Å²) in [7, 11) is 0. The first-order chi connectivity index (χ1) is 12.3. The summed E-state index contributed by atoms with van der Waals surface area (Å²) in [5, 5.41) is 2.73. The van der Waals surface area contributed by atoms with Gasteiger partial charge in [-0.2, -0.15) is 18.2 Å². The van der Waals surface area contributed by atoms with Crippen LogP contribution in [-0.4, -0.2) is 22.6 Å². The molecule has 0 saturated carbocycles. The summed E-state index contributed by atoms with van der Waals surface area (Å²) >= 11 is 0. The lowest BCUT2D eigenvalue weighted by atomic mass is 9.79. The maximum atomic E-state index is 14.3. The fraction of sp³-hybridized carbons (Fsp3) is 0.476. The molecule has 3 nitrogen and oxygen atoms in total. The number of carbonyl (C=O) groups excluding carboxylic acids is 1. The SMILES string of the molecule is CC(C)(C)c1cc2ccccc2cc1C(N1NC(=O)CC1(C)C)C(F)(F)F. The highest BCUT2D eigenvalue weighted by atomic mass is 19.4. The van der Waals surface area contributed by atoms with Crippen molar-refractivity contribution >= 4 is 16.7 Å². The van der Waals surface area contributed by atoms with Crippen molar-refractivity contribution in [3.8, 4) is 0 Å². The molecule has 2 aromatic rings. The third-order valence-corrected chi connectivity index (χ3v) is 5.08. The average molecular weight is 378 g/mol. The second kappa shape index (κ2) is 6.23. The van der Waals surface area contributed by atoms with Crippen LogP contribution in [0.4, 0.5) is 13.2 Å². The van der Waals surface area contributed by atoms with Gasteiger partial charge in [-0.3, -0.25) is 10.2 Å². The molecule has 0 bridgehead atoms.